The minimum absolute atomic E-state index is 0.318. The second-order valence-electron chi connectivity index (χ2n) is 4.99. The largest absolute Gasteiger partial charge is 0.367 e. The average molecular weight is 297 g/mol. The molecule has 0 saturated heterocycles. The monoisotopic (exact) mass is 296 g/mol. The number of nitrogens with two attached hydrogens (primary N) is 1. The molecule has 0 aliphatic heterocycles. The normalized spacial score (nSPS) is 15.5. The molecule has 3 rings (SSSR count). The lowest BCUT2D eigenvalue weighted by Gasteiger charge is -2.24. The first-order valence-corrected chi connectivity index (χ1v) is 7.10. The van der Waals surface area contributed by atoms with Crippen LogP contribution in [-0.4, -0.2) is 5.16 Å². The van der Waals surface area contributed by atoms with Gasteiger partial charge in [0.25, 0.3) is 0 Å². The van der Waals surface area contributed by atoms with Crippen molar-refractivity contribution in [1.82, 2.24) is 5.16 Å². The third-order valence-electron chi connectivity index (χ3n) is 3.70. The maximum absolute atomic E-state index is 6.24. The molecule has 0 unspecified atom stereocenters. The van der Waals surface area contributed by atoms with E-state index >= 15 is 0 Å². The van der Waals surface area contributed by atoms with Crippen molar-refractivity contribution < 1.29 is 4.52 Å². The van der Waals surface area contributed by atoms with Gasteiger partial charge in [0, 0.05) is 10.6 Å². The Morgan fingerprint density at radius 1 is 1.32 bits per heavy atom. The molecular weight excluding hydrogens is 283 g/mol. The van der Waals surface area contributed by atoms with E-state index in [-0.39, 0.29) is 0 Å². The number of nitrogens with zero attached hydrogens (tertiary/aromatic N) is 1. The van der Waals surface area contributed by atoms with Crippen molar-refractivity contribution in [3.05, 3.63) is 33.9 Å². The van der Waals surface area contributed by atoms with E-state index < -0.39 is 0 Å². The molecule has 1 heterocycles. The van der Waals surface area contributed by atoms with Gasteiger partial charge < -0.3 is 10.3 Å². The molecule has 1 aliphatic carbocycles. The van der Waals surface area contributed by atoms with Crippen molar-refractivity contribution in [2.24, 2.45) is 5.92 Å². The number of rotatable bonds is 3. The number of hydrogen-bond donors (Lipinski definition) is 1. The average Bonchev–Trinajstić information content (AvgIpc) is 2.66. The molecule has 3 nitrogen and oxygen atoms in total. The summed E-state index contributed by atoms with van der Waals surface area (Å²) >= 11 is 12.2. The number of anilines is 1. The second kappa shape index (κ2) is 5.06. The predicted octanol–water partition coefficient (Wildman–Crippen LogP) is 4.57. The summed E-state index contributed by atoms with van der Waals surface area (Å²) < 4.78 is 5.14. The van der Waals surface area contributed by atoms with Crippen LogP contribution in [0.3, 0.4) is 0 Å². The molecule has 1 aliphatic rings. The lowest BCUT2D eigenvalue weighted by atomic mass is 9.81. The van der Waals surface area contributed by atoms with Crippen LogP contribution in [0.4, 0.5) is 5.88 Å². The Labute approximate surface area is 121 Å². The van der Waals surface area contributed by atoms with Crippen LogP contribution in [0.1, 0.15) is 25.0 Å². The lowest BCUT2D eigenvalue weighted by molar-refractivity contribution is 0.306. The van der Waals surface area contributed by atoms with E-state index in [1.54, 1.807) is 12.1 Å². The first-order valence-electron chi connectivity index (χ1n) is 6.34. The van der Waals surface area contributed by atoms with Crippen molar-refractivity contribution in [3.8, 4) is 11.1 Å². The van der Waals surface area contributed by atoms with Crippen molar-refractivity contribution >= 4 is 29.1 Å². The van der Waals surface area contributed by atoms with Gasteiger partial charge in [-0.05, 0) is 24.5 Å². The number of halogens is 2. The minimum atomic E-state index is 0.318. The zero-order valence-corrected chi connectivity index (χ0v) is 11.8. The van der Waals surface area contributed by atoms with E-state index in [0.29, 0.717) is 21.8 Å². The summed E-state index contributed by atoms with van der Waals surface area (Å²) in [6, 6.07) is 5.36. The molecule has 19 heavy (non-hydrogen) atoms. The molecule has 0 spiro atoms. The number of benzene rings is 1. The van der Waals surface area contributed by atoms with E-state index in [0.717, 1.165) is 23.2 Å². The fourth-order valence-corrected chi connectivity index (χ4v) is 2.93. The van der Waals surface area contributed by atoms with Crippen LogP contribution in [0.5, 0.6) is 0 Å². The van der Waals surface area contributed by atoms with Gasteiger partial charge in [0.2, 0.25) is 5.88 Å². The highest BCUT2D eigenvalue weighted by atomic mass is 35.5. The summed E-state index contributed by atoms with van der Waals surface area (Å²) in [6.07, 6.45) is 4.70. The topological polar surface area (TPSA) is 52.0 Å². The highest BCUT2D eigenvalue weighted by Crippen LogP contribution is 2.39. The Hall–Kier alpha value is -1.19. The highest BCUT2D eigenvalue weighted by Gasteiger charge is 2.24. The molecular formula is C14H14Cl2N2O. The zero-order chi connectivity index (χ0) is 13.4. The minimum Gasteiger partial charge on any atom is -0.367 e. The fourth-order valence-electron chi connectivity index (χ4n) is 2.43. The van der Waals surface area contributed by atoms with Crippen molar-refractivity contribution in [1.29, 1.82) is 0 Å². The van der Waals surface area contributed by atoms with E-state index in [1.165, 1.54) is 19.3 Å². The van der Waals surface area contributed by atoms with Crippen LogP contribution in [0.25, 0.3) is 11.1 Å². The van der Waals surface area contributed by atoms with Crippen LogP contribution in [0.2, 0.25) is 10.0 Å². The van der Waals surface area contributed by atoms with Gasteiger partial charge in [-0.1, -0.05) is 53.7 Å². The van der Waals surface area contributed by atoms with Gasteiger partial charge in [0.1, 0.15) is 0 Å². The third-order valence-corrected chi connectivity index (χ3v) is 4.24. The Balaban J connectivity index is 2.00. The van der Waals surface area contributed by atoms with Gasteiger partial charge in [0.05, 0.1) is 16.3 Å². The lowest BCUT2D eigenvalue weighted by Crippen LogP contribution is -2.14. The maximum atomic E-state index is 6.24. The van der Waals surface area contributed by atoms with Gasteiger partial charge in [-0.3, -0.25) is 0 Å². The molecule has 2 aromatic rings. The number of hydrogen-bond acceptors (Lipinski definition) is 3. The van der Waals surface area contributed by atoms with E-state index in [4.69, 9.17) is 33.5 Å². The third kappa shape index (κ3) is 2.45. The number of aromatic nitrogens is 1. The second-order valence-corrected chi connectivity index (χ2v) is 5.84. The van der Waals surface area contributed by atoms with Crippen molar-refractivity contribution in [2.75, 3.05) is 5.73 Å². The number of nitrogen functional groups attached to an aromatic ring is 1. The molecule has 0 amide bonds. The maximum Gasteiger partial charge on any atom is 0.230 e. The summed E-state index contributed by atoms with van der Waals surface area (Å²) in [6.45, 7) is 0. The van der Waals surface area contributed by atoms with E-state index in [2.05, 4.69) is 5.16 Å². The molecule has 1 aromatic heterocycles. The molecule has 1 saturated carbocycles. The quantitative estimate of drug-likeness (QED) is 0.902. The summed E-state index contributed by atoms with van der Waals surface area (Å²) in [5, 5.41) is 5.25. The van der Waals surface area contributed by atoms with Crippen LogP contribution in [0.15, 0.2) is 22.7 Å². The molecule has 0 bridgehead atoms. The molecule has 1 aromatic carbocycles. The van der Waals surface area contributed by atoms with Gasteiger partial charge in [-0.2, -0.15) is 0 Å². The molecule has 100 valence electrons. The zero-order valence-electron chi connectivity index (χ0n) is 10.3. The van der Waals surface area contributed by atoms with Gasteiger partial charge >= 0.3 is 0 Å². The standard InChI is InChI=1S/C14H14Cl2N2O/c15-9-4-5-10(11(16)7-9)13-12(18-19-14(13)17)6-8-2-1-3-8/h4-5,7-8H,1-3,6,17H2. The van der Waals surface area contributed by atoms with Crippen LogP contribution in [0, 0.1) is 5.92 Å². The molecule has 5 heteroatoms. The van der Waals surface area contributed by atoms with Crippen molar-refractivity contribution in [2.45, 2.75) is 25.7 Å². The van der Waals surface area contributed by atoms with E-state index in [1.807, 2.05) is 6.07 Å². The highest BCUT2D eigenvalue weighted by molar-refractivity contribution is 6.36. The van der Waals surface area contributed by atoms with Gasteiger partial charge in [0.15, 0.2) is 0 Å². The SMILES string of the molecule is Nc1onc(CC2CCC2)c1-c1ccc(Cl)cc1Cl. The summed E-state index contributed by atoms with van der Waals surface area (Å²) in [4.78, 5) is 0. The first-order chi connectivity index (χ1) is 9.15. The Morgan fingerprint density at radius 3 is 2.74 bits per heavy atom. The Morgan fingerprint density at radius 2 is 2.11 bits per heavy atom. The van der Waals surface area contributed by atoms with Crippen molar-refractivity contribution in [3.63, 3.8) is 0 Å². The first kappa shape index (κ1) is 12.8. The molecule has 2 N–H and O–H groups in total. The van der Waals surface area contributed by atoms with E-state index in [9.17, 15) is 0 Å². The van der Waals surface area contributed by atoms with Crippen LogP contribution < -0.4 is 5.73 Å². The Kier molecular flexibility index (Phi) is 3.42. The smallest absolute Gasteiger partial charge is 0.230 e. The Bertz CT molecular complexity index is 605. The predicted molar refractivity (Wildman–Crippen MR) is 77.4 cm³/mol. The van der Waals surface area contributed by atoms with Gasteiger partial charge in [-0.15, -0.1) is 0 Å². The summed E-state index contributed by atoms with van der Waals surface area (Å²) in [7, 11) is 0. The fraction of sp³-hybridized carbons (Fsp3) is 0.357. The van der Waals surface area contributed by atoms with Crippen LogP contribution >= 0.6 is 23.2 Å². The summed E-state index contributed by atoms with van der Waals surface area (Å²) in [5.41, 5.74) is 8.44. The molecule has 0 atom stereocenters. The van der Waals surface area contributed by atoms with Crippen LogP contribution in [-0.2, 0) is 6.42 Å². The summed E-state index contributed by atoms with van der Waals surface area (Å²) in [5.74, 6) is 1.01. The molecule has 0 radical (unpaired) electrons. The molecule has 1 fully saturated rings. The van der Waals surface area contributed by atoms with Gasteiger partial charge in [-0.25, -0.2) is 0 Å².